The number of ketones is 1. The number of carbonyl (C=O) groups excluding carboxylic acids is 1. The Bertz CT molecular complexity index is 1000. The number of aliphatic carboxylic acids is 1. The lowest BCUT2D eigenvalue weighted by Gasteiger charge is -2.10. The number of para-hydroxylation sites is 1. The molecule has 0 saturated heterocycles. The van der Waals surface area contributed by atoms with Gasteiger partial charge in [0.1, 0.15) is 0 Å². The van der Waals surface area contributed by atoms with Gasteiger partial charge in [0.15, 0.2) is 22.8 Å². The Kier molecular flexibility index (Phi) is 5.77. The number of alkyl halides is 2. The van der Waals surface area contributed by atoms with Gasteiger partial charge in [-0.1, -0.05) is 24.3 Å². The van der Waals surface area contributed by atoms with E-state index < -0.39 is 23.9 Å². The molecule has 1 aliphatic heterocycles. The molecular weight excluding hydrogens is 388 g/mol. The summed E-state index contributed by atoms with van der Waals surface area (Å²) in [4.78, 5) is 24.0. The van der Waals surface area contributed by atoms with Gasteiger partial charge in [-0.05, 0) is 35.9 Å². The van der Waals surface area contributed by atoms with E-state index in [1.807, 2.05) is 0 Å². The zero-order chi connectivity index (χ0) is 21.0. The smallest absolute Gasteiger partial charge is 0.387 e. The van der Waals surface area contributed by atoms with Gasteiger partial charge >= 0.3 is 12.6 Å². The second-order valence-electron chi connectivity index (χ2n) is 5.73. The SMILES string of the molecule is COc1ccc(/C=C2\OC(Nc3ccccc3)=C(C(=O)O)C2=O)cc1OC(F)F. The fraction of sp³-hybridized carbons (Fsp3) is 0.100. The van der Waals surface area contributed by atoms with Crippen molar-refractivity contribution >= 4 is 23.5 Å². The lowest BCUT2D eigenvalue weighted by Crippen LogP contribution is -2.12. The first-order valence-electron chi connectivity index (χ1n) is 8.25. The molecule has 0 aromatic heterocycles. The molecule has 0 amide bonds. The predicted octanol–water partition coefficient (Wildman–Crippen LogP) is 3.65. The largest absolute Gasteiger partial charge is 0.493 e. The number of methoxy groups -OCH3 is 1. The van der Waals surface area contributed by atoms with Crippen LogP contribution >= 0.6 is 0 Å². The first-order valence-corrected chi connectivity index (χ1v) is 8.25. The fourth-order valence-electron chi connectivity index (χ4n) is 2.59. The second-order valence-corrected chi connectivity index (χ2v) is 5.73. The van der Waals surface area contributed by atoms with Crippen molar-refractivity contribution in [1.29, 1.82) is 0 Å². The van der Waals surface area contributed by atoms with Crippen LogP contribution in [-0.2, 0) is 14.3 Å². The molecule has 150 valence electrons. The van der Waals surface area contributed by atoms with Crippen LogP contribution in [0, 0.1) is 0 Å². The summed E-state index contributed by atoms with van der Waals surface area (Å²) in [7, 11) is 1.29. The maximum atomic E-state index is 12.6. The normalized spacial score (nSPS) is 14.9. The molecule has 1 aliphatic rings. The number of benzene rings is 2. The van der Waals surface area contributed by atoms with E-state index in [2.05, 4.69) is 10.1 Å². The van der Waals surface area contributed by atoms with Gasteiger partial charge in [0.2, 0.25) is 11.7 Å². The minimum atomic E-state index is -3.07. The van der Waals surface area contributed by atoms with Crippen LogP contribution in [0.3, 0.4) is 0 Å². The molecule has 0 fully saturated rings. The highest BCUT2D eigenvalue weighted by atomic mass is 19.3. The molecule has 0 aliphatic carbocycles. The Balaban J connectivity index is 1.91. The van der Waals surface area contributed by atoms with Gasteiger partial charge in [0.05, 0.1) is 7.11 Å². The number of halogens is 2. The van der Waals surface area contributed by atoms with E-state index in [9.17, 15) is 23.5 Å². The molecule has 3 rings (SSSR count). The number of nitrogens with one attached hydrogen (secondary N) is 1. The Hall–Kier alpha value is -3.88. The summed E-state index contributed by atoms with van der Waals surface area (Å²) < 4.78 is 39.9. The van der Waals surface area contributed by atoms with Gasteiger partial charge in [-0.3, -0.25) is 4.79 Å². The number of ether oxygens (including phenoxy) is 3. The lowest BCUT2D eigenvalue weighted by molar-refractivity contribution is -0.134. The third-order valence-corrected chi connectivity index (χ3v) is 3.84. The number of anilines is 1. The number of rotatable bonds is 7. The van der Waals surface area contributed by atoms with Crippen LogP contribution in [0.25, 0.3) is 6.08 Å². The Morgan fingerprint density at radius 1 is 1.17 bits per heavy atom. The predicted molar refractivity (Wildman–Crippen MR) is 98.4 cm³/mol. The van der Waals surface area contributed by atoms with Gasteiger partial charge in [-0.15, -0.1) is 0 Å². The maximum Gasteiger partial charge on any atom is 0.387 e. The number of carbonyl (C=O) groups is 2. The first-order chi connectivity index (χ1) is 13.9. The van der Waals surface area contributed by atoms with Crippen molar-refractivity contribution in [2.24, 2.45) is 0 Å². The number of carboxylic acid groups (broad SMARTS) is 1. The average Bonchev–Trinajstić information content (AvgIpc) is 2.97. The van der Waals surface area contributed by atoms with Crippen LogP contribution in [0.15, 0.2) is 65.7 Å². The van der Waals surface area contributed by atoms with Gasteiger partial charge in [-0.25, -0.2) is 4.79 Å². The van der Waals surface area contributed by atoms with E-state index in [1.54, 1.807) is 30.3 Å². The third kappa shape index (κ3) is 4.52. The number of Topliss-reactive ketones (excluding diaryl/α,β-unsaturated/α-hetero) is 1. The van der Waals surface area contributed by atoms with Crippen LogP contribution in [0.1, 0.15) is 5.56 Å². The van der Waals surface area contributed by atoms with E-state index in [0.717, 1.165) is 0 Å². The molecule has 2 N–H and O–H groups in total. The highest BCUT2D eigenvalue weighted by Gasteiger charge is 2.36. The molecule has 0 saturated carbocycles. The number of allylic oxidation sites excluding steroid dienone is 1. The standard InChI is InChI=1S/C20H15F2NO6/c1-27-13-8-7-11(9-14(13)29-20(21)22)10-15-17(24)16(19(25)26)18(28-15)23-12-5-3-2-4-6-12/h2-10,20,23H,1H3,(H,25,26)/b15-10-. The molecule has 0 unspecified atom stereocenters. The van der Waals surface area contributed by atoms with Gasteiger partial charge in [0.25, 0.3) is 0 Å². The summed E-state index contributed by atoms with van der Waals surface area (Å²) in [6, 6.07) is 12.6. The molecule has 0 bridgehead atoms. The third-order valence-electron chi connectivity index (χ3n) is 3.84. The second kappa shape index (κ2) is 8.42. The van der Waals surface area contributed by atoms with Gasteiger partial charge in [-0.2, -0.15) is 8.78 Å². The van der Waals surface area contributed by atoms with Crippen LogP contribution < -0.4 is 14.8 Å². The van der Waals surface area contributed by atoms with Crippen molar-refractivity contribution < 1.29 is 37.7 Å². The fourth-order valence-corrected chi connectivity index (χ4v) is 2.59. The molecular formula is C20H15F2NO6. The van der Waals surface area contributed by atoms with Crippen molar-refractivity contribution in [3.63, 3.8) is 0 Å². The summed E-state index contributed by atoms with van der Waals surface area (Å²) >= 11 is 0. The van der Waals surface area contributed by atoms with Crippen LogP contribution in [0.2, 0.25) is 0 Å². The monoisotopic (exact) mass is 403 g/mol. The molecule has 0 atom stereocenters. The Morgan fingerprint density at radius 2 is 1.90 bits per heavy atom. The minimum Gasteiger partial charge on any atom is -0.493 e. The molecule has 2 aromatic rings. The summed E-state index contributed by atoms with van der Waals surface area (Å²) in [6.07, 6.45) is 1.22. The number of hydrogen-bond acceptors (Lipinski definition) is 6. The highest BCUT2D eigenvalue weighted by Crippen LogP contribution is 2.32. The molecule has 2 aromatic carbocycles. The molecule has 0 spiro atoms. The number of hydrogen-bond donors (Lipinski definition) is 2. The molecule has 9 heteroatoms. The lowest BCUT2D eigenvalue weighted by atomic mass is 10.1. The topological polar surface area (TPSA) is 94.1 Å². The molecule has 0 radical (unpaired) electrons. The van der Waals surface area contributed by atoms with Gasteiger partial charge in [0, 0.05) is 5.69 Å². The maximum absolute atomic E-state index is 12.6. The summed E-state index contributed by atoms with van der Waals surface area (Å²) in [5, 5.41) is 12.1. The number of carboxylic acids is 1. The summed E-state index contributed by atoms with van der Waals surface area (Å²) in [5.74, 6) is -3.01. The Labute approximate surface area is 163 Å². The average molecular weight is 403 g/mol. The van der Waals surface area contributed by atoms with E-state index in [0.29, 0.717) is 5.69 Å². The van der Waals surface area contributed by atoms with Gasteiger partial charge < -0.3 is 24.6 Å². The van der Waals surface area contributed by atoms with Crippen molar-refractivity contribution in [3.05, 3.63) is 71.3 Å². The van der Waals surface area contributed by atoms with E-state index in [-0.39, 0.29) is 28.7 Å². The minimum absolute atomic E-state index is 0.0712. The van der Waals surface area contributed by atoms with Crippen LogP contribution in [-0.4, -0.2) is 30.6 Å². The molecule has 29 heavy (non-hydrogen) atoms. The van der Waals surface area contributed by atoms with E-state index in [4.69, 9.17) is 9.47 Å². The quantitative estimate of drug-likeness (QED) is 0.538. The van der Waals surface area contributed by atoms with Crippen molar-refractivity contribution in [3.8, 4) is 11.5 Å². The van der Waals surface area contributed by atoms with Crippen molar-refractivity contribution in [2.75, 3.05) is 12.4 Å². The zero-order valence-corrected chi connectivity index (χ0v) is 15.0. The highest BCUT2D eigenvalue weighted by molar-refractivity contribution is 6.26. The molecule has 1 heterocycles. The van der Waals surface area contributed by atoms with E-state index in [1.165, 1.54) is 31.4 Å². The Morgan fingerprint density at radius 3 is 2.52 bits per heavy atom. The van der Waals surface area contributed by atoms with Crippen molar-refractivity contribution in [2.45, 2.75) is 6.61 Å². The first kappa shape index (κ1) is 19.9. The zero-order valence-electron chi connectivity index (χ0n) is 15.0. The van der Waals surface area contributed by atoms with E-state index >= 15 is 0 Å². The van der Waals surface area contributed by atoms with Crippen LogP contribution in [0.4, 0.5) is 14.5 Å². The van der Waals surface area contributed by atoms with Crippen molar-refractivity contribution in [1.82, 2.24) is 0 Å². The molecule has 7 nitrogen and oxygen atoms in total. The van der Waals surface area contributed by atoms with Crippen LogP contribution in [0.5, 0.6) is 11.5 Å². The summed E-state index contributed by atoms with van der Waals surface area (Å²) in [5.41, 5.74) is 0.223. The summed E-state index contributed by atoms with van der Waals surface area (Å²) in [6.45, 7) is -3.07.